The van der Waals surface area contributed by atoms with E-state index in [9.17, 15) is 18.5 Å². The van der Waals surface area contributed by atoms with Crippen molar-refractivity contribution in [2.45, 2.75) is 18.4 Å². The molecule has 0 aliphatic heterocycles. The third kappa shape index (κ3) is 2.74. The summed E-state index contributed by atoms with van der Waals surface area (Å²) in [6.07, 6.45) is 0. The molecule has 0 saturated heterocycles. The largest absolute Gasteiger partial charge is 0.295 e. The van der Waals surface area contributed by atoms with Crippen LogP contribution in [0.15, 0.2) is 23.1 Å². The molecule has 1 N–H and O–H groups in total. The molecule has 0 aliphatic carbocycles. The van der Waals surface area contributed by atoms with Gasteiger partial charge in [0.25, 0.3) is 10.1 Å². The summed E-state index contributed by atoms with van der Waals surface area (Å²) in [6.45, 7) is 0.837. The number of nitro groups is 1. The van der Waals surface area contributed by atoms with Crippen LogP contribution in [0.2, 0.25) is 0 Å². The monoisotopic (exact) mass is 231 g/mol. The second-order valence-electron chi connectivity index (χ2n) is 3.03. The molecule has 0 radical (unpaired) electrons. The van der Waals surface area contributed by atoms with E-state index in [1.54, 1.807) is 0 Å². The quantitative estimate of drug-likeness (QED) is 0.475. The lowest BCUT2D eigenvalue weighted by Gasteiger charge is -2.06. The second kappa shape index (κ2) is 3.95. The molecule has 1 aromatic rings. The Bertz CT molecular complexity index is 494. The van der Waals surface area contributed by atoms with E-state index in [2.05, 4.69) is 0 Å². The Morgan fingerprint density at radius 3 is 2.53 bits per heavy atom. The molecular weight excluding hydrogens is 222 g/mol. The third-order valence-corrected chi connectivity index (χ3v) is 2.95. The first kappa shape index (κ1) is 11.6. The summed E-state index contributed by atoms with van der Waals surface area (Å²) in [6, 6.07) is 4.27. The van der Waals surface area contributed by atoms with Gasteiger partial charge in [0.1, 0.15) is 4.90 Å². The molecule has 82 valence electrons. The number of rotatable bonds is 3. The Hall–Kier alpha value is -1.47. The van der Waals surface area contributed by atoms with Gasteiger partial charge in [0.05, 0.1) is 0 Å². The number of benzene rings is 1. The minimum atomic E-state index is -4.41. The fourth-order valence-corrected chi connectivity index (χ4v) is 2.28. The van der Waals surface area contributed by atoms with Crippen LogP contribution in [0.5, 0.6) is 0 Å². The van der Waals surface area contributed by atoms with E-state index in [4.69, 9.17) is 4.55 Å². The first-order valence-corrected chi connectivity index (χ1v) is 5.44. The summed E-state index contributed by atoms with van der Waals surface area (Å²) in [4.78, 5) is 9.27. The summed E-state index contributed by atoms with van der Waals surface area (Å²) >= 11 is 0. The van der Waals surface area contributed by atoms with Gasteiger partial charge in [0.2, 0.25) is 6.54 Å². The van der Waals surface area contributed by atoms with Crippen LogP contribution in [0.4, 0.5) is 0 Å². The highest BCUT2D eigenvalue weighted by molar-refractivity contribution is 7.86. The van der Waals surface area contributed by atoms with Crippen LogP contribution >= 0.6 is 0 Å². The maximum absolute atomic E-state index is 11.0. The van der Waals surface area contributed by atoms with Gasteiger partial charge in [-0.25, -0.2) is 0 Å². The van der Waals surface area contributed by atoms with Crippen molar-refractivity contribution in [3.05, 3.63) is 39.4 Å². The lowest BCUT2D eigenvalue weighted by molar-refractivity contribution is -0.497. The molecule has 6 nitrogen and oxygen atoms in total. The standard InChI is InChI=1S/C8H9NO5S/c1-6-3-2-4-7(5-9(10)11)8(6)15(12,13)14/h2-4H,5H2,1H3,(H,12,13,14). The van der Waals surface area contributed by atoms with Crippen molar-refractivity contribution in [2.75, 3.05) is 0 Å². The van der Waals surface area contributed by atoms with Crippen molar-refractivity contribution in [2.24, 2.45) is 0 Å². The Kier molecular flexibility index (Phi) is 3.06. The number of nitrogens with zero attached hydrogens (tertiary/aromatic N) is 1. The van der Waals surface area contributed by atoms with Crippen LogP contribution in [0.25, 0.3) is 0 Å². The lowest BCUT2D eigenvalue weighted by Crippen LogP contribution is -2.09. The van der Waals surface area contributed by atoms with Gasteiger partial charge >= 0.3 is 0 Å². The Morgan fingerprint density at radius 2 is 2.07 bits per heavy atom. The SMILES string of the molecule is Cc1cccc(C[N+](=O)[O-])c1S(=O)(=O)O. The summed E-state index contributed by atoms with van der Waals surface area (Å²) in [5, 5.41) is 10.3. The van der Waals surface area contributed by atoms with Crippen LogP contribution < -0.4 is 0 Å². The van der Waals surface area contributed by atoms with Crippen molar-refractivity contribution in [1.82, 2.24) is 0 Å². The highest BCUT2D eigenvalue weighted by Crippen LogP contribution is 2.20. The van der Waals surface area contributed by atoms with E-state index in [-0.39, 0.29) is 16.0 Å². The summed E-state index contributed by atoms with van der Waals surface area (Å²) in [7, 11) is -4.41. The Balaban J connectivity index is 3.40. The van der Waals surface area contributed by atoms with Gasteiger partial charge in [0, 0.05) is 10.5 Å². The molecule has 1 rings (SSSR count). The molecule has 0 atom stereocenters. The van der Waals surface area contributed by atoms with Gasteiger partial charge in [-0.2, -0.15) is 8.42 Å². The second-order valence-corrected chi connectivity index (χ2v) is 4.39. The van der Waals surface area contributed by atoms with Crippen molar-refractivity contribution >= 4 is 10.1 Å². The molecule has 0 saturated carbocycles. The zero-order valence-electron chi connectivity index (χ0n) is 7.87. The van der Waals surface area contributed by atoms with Gasteiger partial charge in [-0.05, 0) is 12.5 Å². The molecule has 0 unspecified atom stereocenters. The van der Waals surface area contributed by atoms with Crippen LogP contribution in [0.1, 0.15) is 11.1 Å². The molecule has 15 heavy (non-hydrogen) atoms. The minimum Gasteiger partial charge on any atom is -0.282 e. The predicted octanol–water partition coefficient (Wildman–Crippen LogP) is 1.02. The fourth-order valence-electron chi connectivity index (χ4n) is 1.35. The highest BCUT2D eigenvalue weighted by atomic mass is 32.2. The van der Waals surface area contributed by atoms with E-state index >= 15 is 0 Å². The summed E-state index contributed by atoms with van der Waals surface area (Å²) < 4.78 is 30.9. The lowest BCUT2D eigenvalue weighted by atomic mass is 10.1. The normalized spacial score (nSPS) is 11.3. The molecule has 0 fully saturated rings. The van der Waals surface area contributed by atoms with E-state index in [1.165, 1.54) is 25.1 Å². The first-order valence-electron chi connectivity index (χ1n) is 4.00. The third-order valence-electron chi connectivity index (χ3n) is 1.85. The van der Waals surface area contributed by atoms with Crippen molar-refractivity contribution in [1.29, 1.82) is 0 Å². The average Bonchev–Trinajstić information content (AvgIpc) is 1.99. The van der Waals surface area contributed by atoms with Crippen LogP contribution in [-0.2, 0) is 16.7 Å². The van der Waals surface area contributed by atoms with Crippen LogP contribution in [0.3, 0.4) is 0 Å². The Morgan fingerprint density at radius 1 is 1.47 bits per heavy atom. The Labute approximate surface area is 86.4 Å². The molecule has 1 aromatic carbocycles. The number of aryl methyl sites for hydroxylation is 1. The van der Waals surface area contributed by atoms with Gasteiger partial charge in [0.15, 0.2) is 0 Å². The topological polar surface area (TPSA) is 97.5 Å². The maximum atomic E-state index is 11.0. The zero-order valence-corrected chi connectivity index (χ0v) is 8.69. The molecule has 0 heterocycles. The van der Waals surface area contributed by atoms with Crippen LogP contribution in [0, 0.1) is 17.0 Å². The predicted molar refractivity (Wildman–Crippen MR) is 51.7 cm³/mol. The van der Waals surface area contributed by atoms with Crippen molar-refractivity contribution in [3.63, 3.8) is 0 Å². The van der Waals surface area contributed by atoms with Gasteiger partial charge in [-0.15, -0.1) is 0 Å². The smallest absolute Gasteiger partial charge is 0.282 e. The zero-order chi connectivity index (χ0) is 11.6. The molecular formula is C8H9NO5S. The maximum Gasteiger partial charge on any atom is 0.295 e. The molecule has 0 aromatic heterocycles. The van der Waals surface area contributed by atoms with Gasteiger partial charge < -0.3 is 0 Å². The summed E-state index contributed by atoms with van der Waals surface area (Å²) in [5.41, 5.74) is 0.277. The fraction of sp³-hybridized carbons (Fsp3) is 0.250. The average molecular weight is 231 g/mol. The summed E-state index contributed by atoms with van der Waals surface area (Å²) in [5.74, 6) is 0. The first-order chi connectivity index (χ1) is 6.82. The van der Waals surface area contributed by atoms with Gasteiger partial charge in [-0.1, -0.05) is 18.2 Å². The van der Waals surface area contributed by atoms with E-state index in [0.29, 0.717) is 0 Å². The number of hydrogen-bond acceptors (Lipinski definition) is 4. The van der Waals surface area contributed by atoms with Crippen LogP contribution in [-0.4, -0.2) is 17.9 Å². The van der Waals surface area contributed by atoms with Crippen molar-refractivity contribution in [3.8, 4) is 0 Å². The van der Waals surface area contributed by atoms with Gasteiger partial charge in [-0.3, -0.25) is 14.7 Å². The molecule has 0 spiro atoms. The van der Waals surface area contributed by atoms with E-state index in [0.717, 1.165) is 0 Å². The number of hydrogen-bond donors (Lipinski definition) is 1. The van der Waals surface area contributed by atoms with Crippen molar-refractivity contribution < 1.29 is 17.9 Å². The molecule has 7 heteroatoms. The highest BCUT2D eigenvalue weighted by Gasteiger charge is 2.20. The molecule has 0 amide bonds. The molecule has 0 aliphatic rings. The van der Waals surface area contributed by atoms with E-state index < -0.39 is 21.6 Å². The molecule has 0 bridgehead atoms. The minimum absolute atomic E-state index is 0.0116. The van der Waals surface area contributed by atoms with E-state index in [1.807, 2.05) is 0 Å².